The normalized spacial score (nSPS) is 50.0. The molecule has 2 heterocycles. The molecule has 2 saturated heterocycles. The van der Waals surface area contributed by atoms with Crippen molar-refractivity contribution >= 4 is 19.1 Å². The van der Waals surface area contributed by atoms with Gasteiger partial charge in [-0.25, -0.2) is 0 Å². The van der Waals surface area contributed by atoms with Crippen LogP contribution < -0.4 is 5.32 Å². The lowest BCUT2D eigenvalue weighted by Crippen LogP contribution is -2.59. The third kappa shape index (κ3) is 3.54. The number of hydrogen-bond acceptors (Lipinski definition) is 2. The van der Waals surface area contributed by atoms with Crippen molar-refractivity contribution in [2.45, 2.75) is 103 Å². The Morgan fingerprint density at radius 3 is 2.50 bits per heavy atom. The van der Waals surface area contributed by atoms with Gasteiger partial charge < -0.3 is 10.4 Å². The fourth-order valence-corrected chi connectivity index (χ4v) is 17.4. The second-order valence-electron chi connectivity index (χ2n) is 13.9. The summed E-state index contributed by atoms with van der Waals surface area (Å²) in [5, 5.41) is 12.1. The van der Waals surface area contributed by atoms with Gasteiger partial charge in [0, 0.05) is 19.3 Å². The molecule has 5 rings (SSSR count). The Labute approximate surface area is 208 Å². The van der Waals surface area contributed by atoms with E-state index in [1.807, 2.05) is 0 Å². The first kappa shape index (κ1) is 25.0. The first-order valence-electron chi connectivity index (χ1n) is 14.4. The van der Waals surface area contributed by atoms with Crippen LogP contribution in [0.3, 0.4) is 0 Å². The van der Waals surface area contributed by atoms with E-state index in [1.54, 1.807) is 0 Å². The molecule has 0 aromatic rings. The first-order valence-corrected chi connectivity index (χ1v) is 17.0. The van der Waals surface area contributed by atoms with Gasteiger partial charge in [0.15, 0.2) is 0 Å². The summed E-state index contributed by atoms with van der Waals surface area (Å²) in [5.74, 6) is 3.27. The number of carboxylic acids is 1. The topological polar surface area (TPSA) is 66.4 Å². The summed E-state index contributed by atoms with van der Waals surface area (Å²) in [4.78, 5) is 24.9. The number of hydrogen-bond donors (Lipinski definition) is 2. The van der Waals surface area contributed by atoms with E-state index in [0.29, 0.717) is 29.1 Å². The standard InChI is InChI=1S/C29H48NO3P/c1-18(2)20-10-14-29(27(33)30-17-25(31)32)15-11-23-21(26(20)29)8-9-24-28(4)13-6-7-19(3)22(28)12-16-34(23,24)5/h18-24,26H,6-17H2,1-5H3,(H-,30,31,32,33)/p+1. The Hall–Kier alpha value is -0.630. The van der Waals surface area contributed by atoms with E-state index in [9.17, 15) is 14.7 Å². The van der Waals surface area contributed by atoms with Gasteiger partial charge in [0.1, 0.15) is 6.54 Å². The van der Waals surface area contributed by atoms with Crippen LogP contribution in [-0.2, 0) is 9.59 Å². The molecular formula is C29H49NO3P+. The molecule has 192 valence electrons. The molecule has 5 fully saturated rings. The maximum absolute atomic E-state index is 13.6. The number of carbonyl (C=O) groups excluding carboxylic acids is 1. The number of fused-ring (bicyclic) bond motifs is 7. The third-order valence-electron chi connectivity index (χ3n) is 12.4. The predicted octanol–water partition coefficient (Wildman–Crippen LogP) is 6.29. The van der Waals surface area contributed by atoms with Gasteiger partial charge in [0.2, 0.25) is 5.91 Å². The van der Waals surface area contributed by atoms with Crippen molar-refractivity contribution < 1.29 is 14.7 Å². The summed E-state index contributed by atoms with van der Waals surface area (Å²) in [6.45, 7) is 12.5. The monoisotopic (exact) mass is 490 g/mol. The lowest BCUT2D eigenvalue weighted by Gasteiger charge is -2.63. The van der Waals surface area contributed by atoms with Crippen LogP contribution in [-0.4, -0.2) is 47.7 Å². The minimum atomic E-state index is -1.10. The minimum absolute atomic E-state index is 0.0592. The van der Waals surface area contributed by atoms with E-state index in [1.165, 1.54) is 51.1 Å². The molecule has 1 amide bonds. The van der Waals surface area contributed by atoms with E-state index in [-0.39, 0.29) is 17.9 Å². The summed E-state index contributed by atoms with van der Waals surface area (Å²) in [6.07, 6.45) is 14.2. The molecule has 4 nitrogen and oxygen atoms in total. The summed E-state index contributed by atoms with van der Waals surface area (Å²) >= 11 is 0. The van der Waals surface area contributed by atoms with Gasteiger partial charge in [-0.1, -0.05) is 40.5 Å². The number of nitrogens with one attached hydrogen (secondary N) is 1. The molecule has 0 spiro atoms. The van der Waals surface area contributed by atoms with Gasteiger partial charge in [-0.15, -0.1) is 0 Å². The van der Waals surface area contributed by atoms with Gasteiger partial charge in [-0.05, 0) is 86.9 Å². The number of aliphatic carboxylic acids is 1. The molecule has 2 aliphatic heterocycles. The quantitative estimate of drug-likeness (QED) is 0.455. The number of amides is 1. The molecule has 5 aliphatic rings. The maximum atomic E-state index is 13.6. The average Bonchev–Trinajstić information content (AvgIpc) is 3.18. The lowest BCUT2D eigenvalue weighted by molar-refractivity contribution is -0.143. The molecule has 0 aromatic heterocycles. The molecule has 3 aliphatic carbocycles. The van der Waals surface area contributed by atoms with Crippen LogP contribution in [0.25, 0.3) is 0 Å². The maximum Gasteiger partial charge on any atom is 0.322 e. The van der Waals surface area contributed by atoms with Crippen LogP contribution in [0.15, 0.2) is 0 Å². The van der Waals surface area contributed by atoms with Gasteiger partial charge in [-0.3, -0.25) is 9.59 Å². The zero-order valence-corrected chi connectivity index (χ0v) is 23.2. The van der Waals surface area contributed by atoms with E-state index in [2.05, 4.69) is 39.7 Å². The van der Waals surface area contributed by atoms with Gasteiger partial charge >= 0.3 is 5.97 Å². The Kier molecular flexibility index (Phi) is 6.44. The molecule has 10 unspecified atom stereocenters. The lowest BCUT2D eigenvalue weighted by atomic mass is 9.56. The smallest absolute Gasteiger partial charge is 0.322 e. The third-order valence-corrected chi connectivity index (χ3v) is 18.1. The zero-order valence-electron chi connectivity index (χ0n) is 22.3. The molecule has 0 aromatic carbocycles. The van der Waals surface area contributed by atoms with Gasteiger partial charge in [0.25, 0.3) is 0 Å². The van der Waals surface area contributed by atoms with Crippen LogP contribution in [0, 0.1) is 46.3 Å². The molecule has 2 N–H and O–H groups in total. The van der Waals surface area contributed by atoms with Gasteiger partial charge in [0.05, 0.1) is 22.9 Å². The molecule has 0 bridgehead atoms. The van der Waals surface area contributed by atoms with Crippen molar-refractivity contribution in [3.05, 3.63) is 0 Å². The number of carboxylic acid groups (broad SMARTS) is 1. The second kappa shape index (κ2) is 8.74. The van der Waals surface area contributed by atoms with Crippen LogP contribution >= 0.6 is 7.26 Å². The Bertz CT molecular complexity index is 830. The Balaban J connectivity index is 1.47. The summed E-state index contributed by atoms with van der Waals surface area (Å²) in [6, 6.07) is 0. The fraction of sp³-hybridized carbons (Fsp3) is 0.931. The van der Waals surface area contributed by atoms with Crippen LogP contribution in [0.4, 0.5) is 0 Å². The number of rotatable bonds is 4. The Morgan fingerprint density at radius 1 is 1.06 bits per heavy atom. The van der Waals surface area contributed by atoms with Crippen LogP contribution in [0.1, 0.15) is 91.9 Å². The van der Waals surface area contributed by atoms with Crippen molar-refractivity contribution in [1.29, 1.82) is 0 Å². The second-order valence-corrected chi connectivity index (χ2v) is 18.3. The largest absolute Gasteiger partial charge is 0.480 e. The summed E-state index contributed by atoms with van der Waals surface area (Å²) in [7, 11) is -1.10. The molecule has 10 atom stereocenters. The van der Waals surface area contributed by atoms with E-state index in [0.717, 1.165) is 42.4 Å². The van der Waals surface area contributed by atoms with Gasteiger partial charge in [-0.2, -0.15) is 0 Å². The highest BCUT2D eigenvalue weighted by molar-refractivity contribution is 7.76. The highest BCUT2D eigenvalue weighted by atomic mass is 31.2. The molecule has 3 saturated carbocycles. The SMILES string of the molecule is CC(C)C1CCC2(C(=O)NCC(=O)O)CCC3C(CCC4C5(C)CCCC(C)C5CC[P+]34C)C12. The minimum Gasteiger partial charge on any atom is -0.480 e. The highest BCUT2D eigenvalue weighted by Gasteiger charge is 2.70. The van der Waals surface area contributed by atoms with E-state index >= 15 is 0 Å². The van der Waals surface area contributed by atoms with Crippen molar-refractivity contribution in [3.63, 3.8) is 0 Å². The summed E-state index contributed by atoms with van der Waals surface area (Å²) in [5.41, 5.74) is 2.00. The fourth-order valence-electron chi connectivity index (χ4n) is 11.1. The molecule has 34 heavy (non-hydrogen) atoms. The molecule has 0 radical (unpaired) electrons. The van der Waals surface area contributed by atoms with Crippen LogP contribution in [0.5, 0.6) is 0 Å². The van der Waals surface area contributed by atoms with Crippen molar-refractivity contribution in [2.24, 2.45) is 46.3 Å². The van der Waals surface area contributed by atoms with E-state index in [4.69, 9.17) is 0 Å². The Morgan fingerprint density at radius 2 is 1.79 bits per heavy atom. The van der Waals surface area contributed by atoms with Crippen molar-refractivity contribution in [3.8, 4) is 0 Å². The molecular weight excluding hydrogens is 441 g/mol. The van der Waals surface area contributed by atoms with Crippen molar-refractivity contribution in [1.82, 2.24) is 5.32 Å². The van der Waals surface area contributed by atoms with Crippen molar-refractivity contribution in [2.75, 3.05) is 19.4 Å². The van der Waals surface area contributed by atoms with Crippen LogP contribution in [0.2, 0.25) is 0 Å². The first-order chi connectivity index (χ1) is 16.0. The highest BCUT2D eigenvalue weighted by Crippen LogP contribution is 2.82. The average molecular weight is 491 g/mol. The predicted molar refractivity (Wildman–Crippen MR) is 141 cm³/mol. The number of carbonyl (C=O) groups is 2. The zero-order chi connectivity index (χ0) is 24.5. The van der Waals surface area contributed by atoms with E-state index < -0.39 is 13.2 Å². The summed E-state index contributed by atoms with van der Waals surface area (Å²) < 4.78 is 0. The molecule has 5 heteroatoms.